The van der Waals surface area contributed by atoms with E-state index in [-0.39, 0.29) is 0 Å². The Morgan fingerprint density at radius 1 is 1.40 bits per heavy atom. The summed E-state index contributed by atoms with van der Waals surface area (Å²) in [5.74, 6) is 1.93. The molecular weight excluding hydrogens is 250 g/mol. The molecule has 1 aromatic rings. The van der Waals surface area contributed by atoms with Crippen LogP contribution in [0, 0.1) is 5.92 Å². The maximum absolute atomic E-state index is 5.73. The van der Waals surface area contributed by atoms with Crippen molar-refractivity contribution in [2.75, 3.05) is 13.7 Å². The summed E-state index contributed by atoms with van der Waals surface area (Å²) >= 11 is 0. The van der Waals surface area contributed by atoms with E-state index in [4.69, 9.17) is 9.72 Å². The van der Waals surface area contributed by atoms with Gasteiger partial charge < -0.3 is 14.6 Å². The number of methoxy groups -OCH3 is 1. The number of nitrogens with one attached hydrogen (secondary N) is 1. The molecule has 1 aliphatic heterocycles. The Morgan fingerprint density at radius 2 is 2.25 bits per heavy atom. The van der Waals surface area contributed by atoms with E-state index in [2.05, 4.69) is 23.7 Å². The topological polar surface area (TPSA) is 39.1 Å². The fourth-order valence-corrected chi connectivity index (χ4v) is 3.77. The first-order valence-corrected chi connectivity index (χ1v) is 8.03. The van der Waals surface area contributed by atoms with E-state index in [9.17, 15) is 0 Å². The Kier molecular flexibility index (Phi) is 4.13. The van der Waals surface area contributed by atoms with Gasteiger partial charge >= 0.3 is 0 Å². The first kappa shape index (κ1) is 14.1. The highest BCUT2D eigenvalue weighted by atomic mass is 16.5. The summed E-state index contributed by atoms with van der Waals surface area (Å²) in [6.07, 6.45) is 6.24. The van der Waals surface area contributed by atoms with Crippen molar-refractivity contribution in [3.63, 3.8) is 0 Å². The van der Waals surface area contributed by atoms with Crippen LogP contribution in [-0.2, 0) is 24.1 Å². The normalized spacial score (nSPS) is 26.2. The molecule has 2 atom stereocenters. The van der Waals surface area contributed by atoms with Gasteiger partial charge in [-0.1, -0.05) is 13.8 Å². The van der Waals surface area contributed by atoms with E-state index in [0.29, 0.717) is 18.1 Å². The van der Waals surface area contributed by atoms with Gasteiger partial charge in [0.15, 0.2) is 0 Å². The smallest absolute Gasteiger partial charge is 0.109 e. The third-order valence-corrected chi connectivity index (χ3v) is 4.64. The first-order valence-electron chi connectivity index (χ1n) is 8.03. The maximum atomic E-state index is 5.73. The highest BCUT2D eigenvalue weighted by Crippen LogP contribution is 2.36. The molecule has 0 spiro atoms. The number of hydrogen-bond acceptors (Lipinski definition) is 3. The fraction of sp³-hybridized carbons (Fsp3) is 0.812. The minimum Gasteiger partial charge on any atom is -0.379 e. The molecule has 4 nitrogen and oxygen atoms in total. The first-order chi connectivity index (χ1) is 9.70. The summed E-state index contributed by atoms with van der Waals surface area (Å²) in [6, 6.07) is 0.503. The minimum atomic E-state index is 0.370. The highest BCUT2D eigenvalue weighted by Gasteiger charge is 2.33. The lowest BCUT2D eigenvalue weighted by Crippen LogP contribution is -2.29. The summed E-state index contributed by atoms with van der Waals surface area (Å²) in [5, 5.41) is 3.44. The summed E-state index contributed by atoms with van der Waals surface area (Å²) < 4.78 is 8.29. The standard InChI is InChI=1S/C16H27N3O/c1-11(2)9-16-18-12-10-17-8-7-13(12)19(16)14-5-4-6-15(14)20-3/h11,14-15,17H,4-10H2,1-3H3. The van der Waals surface area contributed by atoms with Gasteiger partial charge in [-0.15, -0.1) is 0 Å². The summed E-state index contributed by atoms with van der Waals surface area (Å²) in [4.78, 5) is 4.95. The zero-order chi connectivity index (χ0) is 14.1. The van der Waals surface area contributed by atoms with Gasteiger partial charge in [0.2, 0.25) is 0 Å². The van der Waals surface area contributed by atoms with Crippen LogP contribution in [0.1, 0.15) is 56.4 Å². The van der Waals surface area contributed by atoms with E-state index >= 15 is 0 Å². The number of nitrogens with zero attached hydrogens (tertiary/aromatic N) is 2. The van der Waals surface area contributed by atoms with Crippen LogP contribution in [0.15, 0.2) is 0 Å². The van der Waals surface area contributed by atoms with Gasteiger partial charge in [0, 0.05) is 38.7 Å². The van der Waals surface area contributed by atoms with Crippen LogP contribution in [-0.4, -0.2) is 29.3 Å². The SMILES string of the molecule is COC1CCCC1n1c(CC(C)C)nc2c1CCNC2. The number of hydrogen-bond donors (Lipinski definition) is 1. The number of imidazole rings is 1. The van der Waals surface area contributed by atoms with Gasteiger partial charge in [0.25, 0.3) is 0 Å². The molecule has 1 aromatic heterocycles. The van der Waals surface area contributed by atoms with Crippen LogP contribution >= 0.6 is 0 Å². The number of aromatic nitrogens is 2. The predicted molar refractivity (Wildman–Crippen MR) is 79.9 cm³/mol. The van der Waals surface area contributed by atoms with Crippen LogP contribution in [0.3, 0.4) is 0 Å². The fourth-order valence-electron chi connectivity index (χ4n) is 3.77. The van der Waals surface area contributed by atoms with Crippen LogP contribution in [0.5, 0.6) is 0 Å². The minimum absolute atomic E-state index is 0.370. The molecule has 0 saturated heterocycles. The van der Waals surface area contributed by atoms with Crippen molar-refractivity contribution in [2.24, 2.45) is 5.92 Å². The average Bonchev–Trinajstić information content (AvgIpc) is 3.00. The van der Waals surface area contributed by atoms with Crippen LogP contribution in [0.4, 0.5) is 0 Å². The molecule has 2 unspecified atom stereocenters. The van der Waals surface area contributed by atoms with Crippen molar-refractivity contribution in [3.05, 3.63) is 17.2 Å². The molecule has 1 fully saturated rings. The summed E-state index contributed by atoms with van der Waals surface area (Å²) in [5.41, 5.74) is 2.74. The van der Waals surface area contributed by atoms with Crippen LogP contribution in [0.25, 0.3) is 0 Å². The second-order valence-corrected chi connectivity index (χ2v) is 6.59. The molecule has 0 bridgehead atoms. The third-order valence-electron chi connectivity index (χ3n) is 4.64. The Labute approximate surface area is 121 Å². The van der Waals surface area contributed by atoms with Crippen molar-refractivity contribution in [1.82, 2.24) is 14.9 Å². The number of fused-ring (bicyclic) bond motifs is 1. The van der Waals surface area contributed by atoms with E-state index in [1.54, 1.807) is 0 Å². The lowest BCUT2D eigenvalue weighted by molar-refractivity contribution is 0.0728. The summed E-state index contributed by atoms with van der Waals surface area (Å²) in [7, 11) is 1.86. The lowest BCUT2D eigenvalue weighted by atomic mass is 10.1. The molecule has 3 rings (SSSR count). The van der Waals surface area contributed by atoms with Gasteiger partial charge in [-0.25, -0.2) is 4.98 Å². The molecule has 112 valence electrons. The molecule has 1 N–H and O–H groups in total. The second-order valence-electron chi connectivity index (χ2n) is 6.59. The van der Waals surface area contributed by atoms with Crippen LogP contribution < -0.4 is 5.32 Å². The molecule has 0 amide bonds. The monoisotopic (exact) mass is 277 g/mol. The molecule has 2 aliphatic rings. The largest absolute Gasteiger partial charge is 0.379 e. The van der Waals surface area contributed by atoms with Crippen molar-refractivity contribution in [3.8, 4) is 0 Å². The molecule has 0 radical (unpaired) electrons. The Balaban J connectivity index is 1.99. The van der Waals surface area contributed by atoms with Gasteiger partial charge in [0.05, 0.1) is 17.8 Å². The van der Waals surface area contributed by atoms with E-state index in [1.807, 2.05) is 7.11 Å². The number of ether oxygens (including phenoxy) is 1. The molecule has 2 heterocycles. The zero-order valence-electron chi connectivity index (χ0n) is 13.0. The van der Waals surface area contributed by atoms with E-state index in [1.165, 1.54) is 36.5 Å². The summed E-state index contributed by atoms with van der Waals surface area (Å²) in [6.45, 7) is 6.55. The highest BCUT2D eigenvalue weighted by molar-refractivity contribution is 5.22. The molecule has 4 heteroatoms. The van der Waals surface area contributed by atoms with Crippen molar-refractivity contribution < 1.29 is 4.74 Å². The molecule has 1 aliphatic carbocycles. The Morgan fingerprint density at radius 3 is 3.00 bits per heavy atom. The molecule has 20 heavy (non-hydrogen) atoms. The predicted octanol–water partition coefficient (Wildman–Crippen LogP) is 2.47. The van der Waals surface area contributed by atoms with Crippen molar-refractivity contribution >= 4 is 0 Å². The lowest BCUT2D eigenvalue weighted by Gasteiger charge is -2.26. The van der Waals surface area contributed by atoms with E-state index < -0.39 is 0 Å². The molecule has 0 aromatic carbocycles. The third kappa shape index (κ3) is 2.51. The zero-order valence-corrected chi connectivity index (χ0v) is 13.0. The maximum Gasteiger partial charge on any atom is 0.109 e. The second kappa shape index (κ2) is 5.86. The van der Waals surface area contributed by atoms with Gasteiger partial charge in [-0.2, -0.15) is 0 Å². The Bertz CT molecular complexity index is 467. The number of rotatable bonds is 4. The van der Waals surface area contributed by atoms with Gasteiger partial charge in [0.1, 0.15) is 5.82 Å². The van der Waals surface area contributed by atoms with Gasteiger partial charge in [-0.3, -0.25) is 0 Å². The van der Waals surface area contributed by atoms with Crippen molar-refractivity contribution in [2.45, 2.75) is 64.6 Å². The van der Waals surface area contributed by atoms with Gasteiger partial charge in [-0.05, 0) is 25.2 Å². The average molecular weight is 277 g/mol. The van der Waals surface area contributed by atoms with Crippen molar-refractivity contribution in [1.29, 1.82) is 0 Å². The molecule has 1 saturated carbocycles. The Hall–Kier alpha value is -0.870. The molecular formula is C16H27N3O. The van der Waals surface area contributed by atoms with E-state index in [0.717, 1.165) is 25.9 Å². The quantitative estimate of drug-likeness (QED) is 0.919. The van der Waals surface area contributed by atoms with Crippen LogP contribution in [0.2, 0.25) is 0 Å².